The van der Waals surface area contributed by atoms with Gasteiger partial charge < -0.3 is 4.74 Å². The Morgan fingerprint density at radius 3 is 2.39 bits per heavy atom. The highest BCUT2D eigenvalue weighted by atomic mass is 32.2. The van der Waals surface area contributed by atoms with Crippen LogP contribution in [0.25, 0.3) is 0 Å². The monoisotopic (exact) mass is 412 g/mol. The second kappa shape index (κ2) is 7.41. The summed E-state index contributed by atoms with van der Waals surface area (Å²) in [6.07, 6.45) is 0.526. The molecule has 1 atom stereocenters. The summed E-state index contributed by atoms with van der Waals surface area (Å²) in [5.41, 5.74) is 2.67. The minimum Gasteiger partial charge on any atom is -0.497 e. The third kappa shape index (κ3) is 3.43. The zero-order chi connectivity index (χ0) is 19.7. The first-order valence-corrected chi connectivity index (χ1v) is 11.2. The van der Waals surface area contributed by atoms with E-state index in [2.05, 4.69) is 5.10 Å². The van der Waals surface area contributed by atoms with Gasteiger partial charge in [0, 0.05) is 6.42 Å². The van der Waals surface area contributed by atoms with E-state index in [4.69, 9.17) is 4.74 Å². The van der Waals surface area contributed by atoms with Gasteiger partial charge in [0.1, 0.15) is 5.75 Å². The van der Waals surface area contributed by atoms with Crippen molar-refractivity contribution in [1.82, 2.24) is 4.41 Å². The van der Waals surface area contributed by atoms with Crippen LogP contribution >= 0.6 is 11.3 Å². The Labute approximate surface area is 169 Å². The molecule has 0 amide bonds. The lowest BCUT2D eigenvalue weighted by molar-refractivity contribution is 0.370. The summed E-state index contributed by atoms with van der Waals surface area (Å²) in [5, 5.41) is 6.51. The molecule has 0 bridgehead atoms. The number of benzene rings is 2. The van der Waals surface area contributed by atoms with Crippen LogP contribution in [0.2, 0.25) is 0 Å². The number of aryl methyl sites for hydroxylation is 1. The maximum Gasteiger partial charge on any atom is 0.279 e. The van der Waals surface area contributed by atoms with Gasteiger partial charge in [-0.05, 0) is 48.2 Å². The van der Waals surface area contributed by atoms with Gasteiger partial charge in [0.25, 0.3) is 10.0 Å². The van der Waals surface area contributed by atoms with Gasteiger partial charge in [-0.3, -0.25) is 0 Å². The molecule has 0 fully saturated rings. The maximum atomic E-state index is 13.4. The van der Waals surface area contributed by atoms with Crippen LogP contribution in [0, 0.1) is 6.92 Å². The number of rotatable bonds is 5. The Balaban J connectivity index is 1.77. The SMILES string of the molecule is COc1ccc([C@@H]2CC(c3cccs3)=NN2S(=O)(=O)c2ccc(C)cc2)cc1. The molecule has 0 spiro atoms. The molecular formula is C21H20N2O3S2. The molecule has 3 aromatic rings. The fraction of sp³-hybridized carbons (Fsp3) is 0.190. The zero-order valence-corrected chi connectivity index (χ0v) is 17.2. The van der Waals surface area contributed by atoms with Crippen LogP contribution in [-0.2, 0) is 10.0 Å². The summed E-state index contributed by atoms with van der Waals surface area (Å²) in [6.45, 7) is 1.93. The van der Waals surface area contributed by atoms with E-state index in [9.17, 15) is 8.42 Å². The third-order valence-electron chi connectivity index (χ3n) is 4.74. The average molecular weight is 413 g/mol. The standard InChI is InChI=1S/C21H20N2O3S2/c1-15-5-11-18(12-6-15)28(24,25)23-20(16-7-9-17(26-2)10-8-16)14-19(22-23)21-4-3-13-27-21/h3-13,20H,14H2,1-2H3/t20-/m0/s1. The van der Waals surface area contributed by atoms with Gasteiger partial charge in [-0.1, -0.05) is 35.9 Å². The first-order chi connectivity index (χ1) is 13.5. The first kappa shape index (κ1) is 18.7. The number of nitrogens with zero attached hydrogens (tertiary/aromatic N) is 2. The molecule has 2 aromatic carbocycles. The van der Waals surface area contributed by atoms with Crippen molar-refractivity contribution in [3.05, 3.63) is 82.0 Å². The Kier molecular flexibility index (Phi) is 4.95. The summed E-state index contributed by atoms with van der Waals surface area (Å²) in [7, 11) is -2.17. The molecule has 1 aromatic heterocycles. The lowest BCUT2D eigenvalue weighted by Crippen LogP contribution is -2.27. The van der Waals surface area contributed by atoms with E-state index >= 15 is 0 Å². The van der Waals surface area contributed by atoms with E-state index in [-0.39, 0.29) is 4.90 Å². The molecular weight excluding hydrogens is 392 g/mol. The number of hydrogen-bond donors (Lipinski definition) is 0. The van der Waals surface area contributed by atoms with Gasteiger partial charge in [-0.15, -0.1) is 11.3 Å². The quantitative estimate of drug-likeness (QED) is 0.615. The molecule has 0 radical (unpaired) electrons. The predicted octanol–water partition coefficient (Wildman–Crippen LogP) is 4.61. The van der Waals surface area contributed by atoms with Crippen LogP contribution in [0.1, 0.15) is 28.5 Å². The summed E-state index contributed by atoms with van der Waals surface area (Å²) in [6, 6.07) is 17.9. The summed E-state index contributed by atoms with van der Waals surface area (Å²) < 4.78 is 33.2. The highest BCUT2D eigenvalue weighted by Gasteiger charge is 2.37. The molecule has 7 heteroatoms. The Morgan fingerprint density at radius 2 is 1.79 bits per heavy atom. The molecule has 1 aliphatic heterocycles. The van der Waals surface area contributed by atoms with Crippen molar-refractivity contribution in [3.63, 3.8) is 0 Å². The van der Waals surface area contributed by atoms with Crippen molar-refractivity contribution >= 4 is 27.1 Å². The molecule has 0 aliphatic carbocycles. The Morgan fingerprint density at radius 1 is 1.07 bits per heavy atom. The largest absolute Gasteiger partial charge is 0.497 e. The van der Waals surface area contributed by atoms with Gasteiger partial charge in [0.15, 0.2) is 0 Å². The molecule has 28 heavy (non-hydrogen) atoms. The number of hydrogen-bond acceptors (Lipinski definition) is 5. The van der Waals surface area contributed by atoms with E-state index in [1.54, 1.807) is 42.7 Å². The third-order valence-corrected chi connectivity index (χ3v) is 7.36. The zero-order valence-electron chi connectivity index (χ0n) is 15.6. The Bertz CT molecular complexity index is 1090. The van der Waals surface area contributed by atoms with Crippen LogP contribution in [0.15, 0.2) is 76.0 Å². The minimum atomic E-state index is -3.77. The highest BCUT2D eigenvalue weighted by Crippen LogP contribution is 2.38. The van der Waals surface area contributed by atoms with Crippen LogP contribution in [-0.4, -0.2) is 25.7 Å². The van der Waals surface area contributed by atoms with Crippen molar-refractivity contribution in [2.45, 2.75) is 24.3 Å². The van der Waals surface area contributed by atoms with Gasteiger partial charge in [-0.25, -0.2) is 0 Å². The Hall–Kier alpha value is -2.64. The molecule has 144 valence electrons. The van der Waals surface area contributed by atoms with Crippen LogP contribution in [0.5, 0.6) is 5.75 Å². The molecule has 0 saturated carbocycles. The van der Waals surface area contributed by atoms with Crippen molar-refractivity contribution in [2.75, 3.05) is 7.11 Å². The van der Waals surface area contributed by atoms with Crippen molar-refractivity contribution in [3.8, 4) is 5.75 Å². The second-order valence-electron chi connectivity index (χ2n) is 6.61. The van der Waals surface area contributed by atoms with E-state index in [1.807, 2.05) is 48.7 Å². The fourth-order valence-electron chi connectivity index (χ4n) is 3.19. The highest BCUT2D eigenvalue weighted by molar-refractivity contribution is 7.89. The number of methoxy groups -OCH3 is 1. The molecule has 0 saturated heterocycles. The summed E-state index contributed by atoms with van der Waals surface area (Å²) in [4.78, 5) is 1.23. The van der Waals surface area contributed by atoms with Gasteiger partial charge in [0.05, 0.1) is 28.6 Å². The summed E-state index contributed by atoms with van der Waals surface area (Å²) in [5.74, 6) is 0.731. The van der Waals surface area contributed by atoms with E-state index in [0.29, 0.717) is 6.42 Å². The minimum absolute atomic E-state index is 0.243. The van der Waals surface area contributed by atoms with Crippen molar-refractivity contribution in [2.24, 2.45) is 5.10 Å². The molecule has 2 heterocycles. The first-order valence-electron chi connectivity index (χ1n) is 8.85. The molecule has 4 rings (SSSR count). The number of hydrazone groups is 1. The number of ether oxygens (including phenoxy) is 1. The normalized spacial score (nSPS) is 16.9. The van der Waals surface area contributed by atoms with Crippen LogP contribution in [0.3, 0.4) is 0 Å². The van der Waals surface area contributed by atoms with E-state index in [1.165, 1.54) is 4.41 Å². The number of thiophene rings is 1. The number of sulfonamides is 1. The average Bonchev–Trinajstić information content (AvgIpc) is 3.38. The van der Waals surface area contributed by atoms with E-state index in [0.717, 1.165) is 27.5 Å². The predicted molar refractivity (Wildman–Crippen MR) is 111 cm³/mol. The van der Waals surface area contributed by atoms with Crippen molar-refractivity contribution in [1.29, 1.82) is 0 Å². The lowest BCUT2D eigenvalue weighted by Gasteiger charge is -2.23. The van der Waals surface area contributed by atoms with Gasteiger partial charge >= 0.3 is 0 Å². The summed E-state index contributed by atoms with van der Waals surface area (Å²) >= 11 is 1.56. The van der Waals surface area contributed by atoms with Crippen LogP contribution < -0.4 is 4.74 Å². The van der Waals surface area contributed by atoms with E-state index < -0.39 is 16.1 Å². The maximum absolute atomic E-state index is 13.4. The fourth-order valence-corrected chi connectivity index (χ4v) is 5.35. The molecule has 0 N–H and O–H groups in total. The topological polar surface area (TPSA) is 59.0 Å². The second-order valence-corrected chi connectivity index (χ2v) is 9.35. The van der Waals surface area contributed by atoms with Gasteiger partial charge in [0.2, 0.25) is 0 Å². The lowest BCUT2D eigenvalue weighted by atomic mass is 10.0. The van der Waals surface area contributed by atoms with Gasteiger partial charge in [-0.2, -0.15) is 17.9 Å². The molecule has 0 unspecified atom stereocenters. The molecule has 5 nitrogen and oxygen atoms in total. The smallest absolute Gasteiger partial charge is 0.279 e. The molecule has 1 aliphatic rings. The van der Waals surface area contributed by atoms with Crippen molar-refractivity contribution < 1.29 is 13.2 Å². The van der Waals surface area contributed by atoms with Crippen LogP contribution in [0.4, 0.5) is 0 Å².